The van der Waals surface area contributed by atoms with Crippen LogP contribution in [0.25, 0.3) is 11.1 Å². The monoisotopic (exact) mass is 277 g/mol. The SMILES string of the molecule is O=P1(c2ccccc2)c2ccccc2-c2cccnc21. The number of hydrogen-bond acceptors (Lipinski definition) is 2. The number of hydrogen-bond donors (Lipinski definition) is 0. The maximum Gasteiger partial charge on any atom is 0.189 e. The molecule has 0 bridgehead atoms. The highest BCUT2D eigenvalue weighted by molar-refractivity contribution is 7.86. The Morgan fingerprint density at radius 3 is 2.30 bits per heavy atom. The summed E-state index contributed by atoms with van der Waals surface area (Å²) in [5, 5.41) is 1.75. The second-order valence-electron chi connectivity index (χ2n) is 4.84. The van der Waals surface area contributed by atoms with Crippen LogP contribution in [0.5, 0.6) is 0 Å². The van der Waals surface area contributed by atoms with Gasteiger partial charge in [0.25, 0.3) is 0 Å². The van der Waals surface area contributed by atoms with E-state index in [4.69, 9.17) is 0 Å². The number of benzene rings is 2. The first-order valence-electron chi connectivity index (χ1n) is 6.53. The molecule has 1 aromatic heterocycles. The van der Waals surface area contributed by atoms with Gasteiger partial charge in [-0.05, 0) is 11.6 Å². The first kappa shape index (κ1) is 11.6. The van der Waals surface area contributed by atoms with Crippen molar-refractivity contribution >= 4 is 23.2 Å². The smallest absolute Gasteiger partial charge is 0.189 e. The molecule has 3 heteroatoms. The lowest BCUT2D eigenvalue weighted by Crippen LogP contribution is -2.22. The molecule has 2 aromatic carbocycles. The van der Waals surface area contributed by atoms with Gasteiger partial charge in [0.1, 0.15) is 5.44 Å². The highest BCUT2D eigenvalue weighted by atomic mass is 31.2. The molecule has 0 saturated carbocycles. The molecule has 0 fully saturated rings. The topological polar surface area (TPSA) is 30.0 Å². The van der Waals surface area contributed by atoms with Crippen LogP contribution in [0.3, 0.4) is 0 Å². The molecular weight excluding hydrogens is 265 g/mol. The number of rotatable bonds is 1. The Hall–Kier alpha value is -2.18. The Kier molecular flexibility index (Phi) is 2.42. The van der Waals surface area contributed by atoms with Crippen molar-refractivity contribution in [2.24, 2.45) is 0 Å². The van der Waals surface area contributed by atoms with Crippen LogP contribution in [0.2, 0.25) is 0 Å². The Labute approximate surface area is 117 Å². The van der Waals surface area contributed by atoms with Crippen molar-refractivity contribution in [3.05, 3.63) is 72.9 Å². The van der Waals surface area contributed by atoms with Crippen LogP contribution >= 0.6 is 7.14 Å². The van der Waals surface area contributed by atoms with Crippen molar-refractivity contribution in [3.63, 3.8) is 0 Å². The lowest BCUT2D eigenvalue weighted by molar-refractivity contribution is 0.592. The zero-order valence-corrected chi connectivity index (χ0v) is 11.6. The molecule has 0 N–H and O–H groups in total. The van der Waals surface area contributed by atoms with Crippen molar-refractivity contribution < 1.29 is 4.57 Å². The maximum atomic E-state index is 13.8. The van der Waals surface area contributed by atoms with Crippen LogP contribution in [-0.2, 0) is 4.57 Å². The van der Waals surface area contributed by atoms with Gasteiger partial charge < -0.3 is 4.57 Å². The minimum Gasteiger partial charge on any atom is -0.307 e. The Bertz CT molecular complexity index is 793. The quantitative estimate of drug-likeness (QED) is 0.501. The lowest BCUT2D eigenvalue weighted by Gasteiger charge is -2.14. The molecule has 1 aliphatic rings. The van der Waals surface area contributed by atoms with Gasteiger partial charge in [0.2, 0.25) is 0 Å². The third-order valence-electron chi connectivity index (χ3n) is 3.74. The van der Waals surface area contributed by atoms with Gasteiger partial charge in [-0.3, -0.25) is 4.98 Å². The van der Waals surface area contributed by atoms with Gasteiger partial charge >= 0.3 is 0 Å². The highest BCUT2D eigenvalue weighted by Crippen LogP contribution is 2.50. The van der Waals surface area contributed by atoms with Crippen LogP contribution in [0.15, 0.2) is 72.9 Å². The maximum absolute atomic E-state index is 13.8. The molecule has 20 heavy (non-hydrogen) atoms. The van der Waals surface area contributed by atoms with E-state index >= 15 is 0 Å². The zero-order valence-electron chi connectivity index (χ0n) is 10.7. The van der Waals surface area contributed by atoms with Crippen molar-refractivity contribution in [3.8, 4) is 11.1 Å². The molecule has 1 aliphatic heterocycles. The van der Waals surface area contributed by atoms with Gasteiger partial charge in [0.05, 0.1) is 0 Å². The Morgan fingerprint density at radius 1 is 0.750 bits per heavy atom. The van der Waals surface area contributed by atoms with Crippen molar-refractivity contribution in [2.45, 2.75) is 0 Å². The van der Waals surface area contributed by atoms with Gasteiger partial charge in [0, 0.05) is 22.4 Å². The minimum absolute atomic E-state index is 0.715. The molecule has 0 amide bonds. The summed E-state index contributed by atoms with van der Waals surface area (Å²) in [6.07, 6.45) is 1.72. The summed E-state index contributed by atoms with van der Waals surface area (Å²) in [4.78, 5) is 4.44. The number of aromatic nitrogens is 1. The van der Waals surface area contributed by atoms with Crippen LogP contribution in [0.4, 0.5) is 0 Å². The molecule has 2 nitrogen and oxygen atoms in total. The van der Waals surface area contributed by atoms with E-state index in [0.717, 1.165) is 21.7 Å². The third-order valence-corrected chi connectivity index (χ3v) is 6.78. The largest absolute Gasteiger partial charge is 0.307 e. The molecule has 3 aromatic rings. The van der Waals surface area contributed by atoms with Crippen molar-refractivity contribution in [1.82, 2.24) is 4.98 Å². The molecule has 1 unspecified atom stereocenters. The number of pyridine rings is 1. The second-order valence-corrected chi connectivity index (χ2v) is 7.48. The van der Waals surface area contributed by atoms with Crippen LogP contribution in [0, 0.1) is 0 Å². The van der Waals surface area contributed by atoms with Gasteiger partial charge in [-0.25, -0.2) is 0 Å². The summed E-state index contributed by atoms with van der Waals surface area (Å²) in [6.45, 7) is 0. The first-order chi connectivity index (χ1) is 9.82. The predicted molar refractivity (Wildman–Crippen MR) is 82.6 cm³/mol. The minimum atomic E-state index is -2.81. The van der Waals surface area contributed by atoms with Gasteiger partial charge in [-0.1, -0.05) is 60.7 Å². The van der Waals surface area contributed by atoms with E-state index in [9.17, 15) is 4.57 Å². The van der Waals surface area contributed by atoms with Gasteiger partial charge in [0.15, 0.2) is 7.14 Å². The van der Waals surface area contributed by atoms with Gasteiger partial charge in [-0.2, -0.15) is 0 Å². The number of fused-ring (bicyclic) bond motifs is 3. The van der Waals surface area contributed by atoms with E-state index in [0.29, 0.717) is 5.44 Å². The van der Waals surface area contributed by atoms with Gasteiger partial charge in [-0.15, -0.1) is 0 Å². The van der Waals surface area contributed by atoms with E-state index < -0.39 is 7.14 Å². The molecule has 2 heterocycles. The van der Waals surface area contributed by atoms with Crippen molar-refractivity contribution in [1.29, 1.82) is 0 Å². The molecule has 1 atom stereocenters. The van der Waals surface area contributed by atoms with E-state index in [1.54, 1.807) is 6.20 Å². The molecule has 0 saturated heterocycles. The summed E-state index contributed by atoms with van der Waals surface area (Å²) in [7, 11) is -2.81. The fourth-order valence-corrected chi connectivity index (χ4v) is 5.78. The predicted octanol–water partition coefficient (Wildman–Crippen LogP) is 2.70. The van der Waals surface area contributed by atoms with Crippen molar-refractivity contribution in [2.75, 3.05) is 0 Å². The number of nitrogens with zero attached hydrogens (tertiary/aromatic N) is 1. The summed E-state index contributed by atoms with van der Waals surface area (Å²) in [6, 6.07) is 21.5. The molecule has 96 valence electrons. The first-order valence-corrected chi connectivity index (χ1v) is 8.24. The zero-order chi connectivity index (χ0) is 13.6. The summed E-state index contributed by atoms with van der Waals surface area (Å²) < 4.78 is 13.8. The fourth-order valence-electron chi connectivity index (χ4n) is 2.85. The standard InChI is InChI=1S/C17H12NOP/c19-20(13-7-2-1-3-8-13)16-11-5-4-9-14(16)15-10-6-12-18-17(15)20/h1-12H. The van der Waals surface area contributed by atoms with E-state index in [1.807, 2.05) is 66.7 Å². The van der Waals surface area contributed by atoms with Crippen LogP contribution in [0.1, 0.15) is 0 Å². The van der Waals surface area contributed by atoms with E-state index in [1.165, 1.54) is 0 Å². The summed E-state index contributed by atoms with van der Waals surface area (Å²) in [5.74, 6) is 0. The molecule has 0 spiro atoms. The van der Waals surface area contributed by atoms with Crippen LogP contribution in [-0.4, -0.2) is 4.98 Å². The Morgan fingerprint density at radius 2 is 1.45 bits per heavy atom. The van der Waals surface area contributed by atoms with Crippen LogP contribution < -0.4 is 16.0 Å². The van der Waals surface area contributed by atoms with E-state index in [2.05, 4.69) is 4.98 Å². The molecular formula is C17H12NOP. The molecule has 0 radical (unpaired) electrons. The molecule has 0 aliphatic carbocycles. The average molecular weight is 277 g/mol. The molecule has 4 rings (SSSR count). The average Bonchev–Trinajstić information content (AvgIpc) is 2.80. The summed E-state index contributed by atoms with van der Waals surface area (Å²) >= 11 is 0. The normalized spacial score (nSPS) is 19.4. The Balaban J connectivity index is 2.13. The van der Waals surface area contributed by atoms with E-state index in [-0.39, 0.29) is 0 Å². The highest BCUT2D eigenvalue weighted by Gasteiger charge is 2.40. The fraction of sp³-hybridized carbons (Fsp3) is 0. The third kappa shape index (κ3) is 1.40. The summed E-state index contributed by atoms with van der Waals surface area (Å²) in [5.41, 5.74) is 2.76. The lowest BCUT2D eigenvalue weighted by atomic mass is 10.1. The second kappa shape index (κ2) is 4.16.